The lowest BCUT2D eigenvalue weighted by molar-refractivity contribution is 0.0953. The molecule has 4 rings (SSSR count). The Bertz CT molecular complexity index is 1180. The molecule has 0 spiro atoms. The van der Waals surface area contributed by atoms with Gasteiger partial charge >= 0.3 is 0 Å². The van der Waals surface area contributed by atoms with Crippen molar-refractivity contribution in [2.75, 3.05) is 5.32 Å². The molecular weight excluding hydrogens is 404 g/mol. The number of para-hydroxylation sites is 1. The molecule has 0 saturated carbocycles. The van der Waals surface area contributed by atoms with Crippen LogP contribution >= 0.6 is 0 Å². The monoisotopic (exact) mass is 423 g/mol. The van der Waals surface area contributed by atoms with Crippen LogP contribution in [0, 0.1) is 18.6 Å². The average Bonchev–Trinajstić information content (AvgIpc) is 3.11. The van der Waals surface area contributed by atoms with E-state index in [0.29, 0.717) is 35.4 Å². The van der Waals surface area contributed by atoms with Crippen molar-refractivity contribution in [1.29, 1.82) is 0 Å². The Balaban J connectivity index is 1.57. The second-order valence-electron chi connectivity index (χ2n) is 7.15. The predicted octanol–water partition coefficient (Wildman–Crippen LogP) is 4.59. The van der Waals surface area contributed by atoms with Crippen LogP contribution in [0.3, 0.4) is 0 Å². The van der Waals surface area contributed by atoms with Gasteiger partial charge in [-0.1, -0.05) is 12.1 Å². The van der Waals surface area contributed by atoms with Crippen molar-refractivity contribution in [1.82, 2.24) is 5.43 Å². The van der Waals surface area contributed by atoms with Gasteiger partial charge in [0.1, 0.15) is 17.4 Å². The highest BCUT2D eigenvalue weighted by Crippen LogP contribution is 2.30. The molecule has 2 amide bonds. The first-order valence-corrected chi connectivity index (χ1v) is 9.75. The predicted molar refractivity (Wildman–Crippen MR) is 111 cm³/mol. The van der Waals surface area contributed by atoms with Gasteiger partial charge in [0, 0.05) is 23.1 Å². The molecule has 8 heteroatoms. The number of furan rings is 1. The van der Waals surface area contributed by atoms with Crippen LogP contribution in [0.25, 0.3) is 0 Å². The molecule has 1 aliphatic carbocycles. The molecule has 0 radical (unpaired) electrons. The van der Waals surface area contributed by atoms with Crippen molar-refractivity contribution >= 4 is 23.2 Å². The largest absolute Gasteiger partial charge is 0.455 e. The molecule has 0 unspecified atom stereocenters. The number of hydrogen-bond acceptors (Lipinski definition) is 4. The minimum Gasteiger partial charge on any atom is -0.455 e. The second-order valence-corrected chi connectivity index (χ2v) is 7.15. The highest BCUT2D eigenvalue weighted by atomic mass is 19.1. The van der Waals surface area contributed by atoms with Crippen molar-refractivity contribution in [2.45, 2.75) is 26.2 Å². The quantitative estimate of drug-likeness (QED) is 0.602. The highest BCUT2D eigenvalue weighted by Gasteiger charge is 2.28. The number of aryl methyl sites for hydroxylation is 1. The second kappa shape index (κ2) is 8.51. The van der Waals surface area contributed by atoms with Gasteiger partial charge in [-0.25, -0.2) is 14.2 Å². The summed E-state index contributed by atoms with van der Waals surface area (Å²) in [6.45, 7) is 1.72. The summed E-state index contributed by atoms with van der Waals surface area (Å²) in [5.74, 6) is -1.35. The van der Waals surface area contributed by atoms with E-state index in [0.717, 1.165) is 6.42 Å². The van der Waals surface area contributed by atoms with Gasteiger partial charge in [0.15, 0.2) is 5.76 Å². The number of halogens is 2. The van der Waals surface area contributed by atoms with Crippen LogP contribution in [-0.4, -0.2) is 17.5 Å². The van der Waals surface area contributed by atoms with Crippen molar-refractivity contribution in [3.8, 4) is 0 Å². The molecule has 2 aromatic carbocycles. The normalized spacial score (nSPS) is 14.2. The van der Waals surface area contributed by atoms with Crippen LogP contribution in [0.5, 0.6) is 0 Å². The van der Waals surface area contributed by atoms with Gasteiger partial charge in [-0.15, -0.1) is 0 Å². The van der Waals surface area contributed by atoms with E-state index >= 15 is 0 Å². The maximum absolute atomic E-state index is 13.9. The number of hydrazone groups is 1. The third-order valence-corrected chi connectivity index (χ3v) is 5.05. The van der Waals surface area contributed by atoms with E-state index in [4.69, 9.17) is 4.42 Å². The summed E-state index contributed by atoms with van der Waals surface area (Å²) in [6.07, 6.45) is 1.94. The fourth-order valence-corrected chi connectivity index (χ4v) is 3.52. The molecular formula is C23H19F2N3O3. The average molecular weight is 423 g/mol. The lowest BCUT2D eigenvalue weighted by Gasteiger charge is -2.13. The van der Waals surface area contributed by atoms with Crippen LogP contribution in [-0.2, 0) is 6.42 Å². The molecule has 0 saturated heterocycles. The number of fused-ring (bicyclic) bond motifs is 1. The Morgan fingerprint density at radius 3 is 2.48 bits per heavy atom. The summed E-state index contributed by atoms with van der Waals surface area (Å²) in [4.78, 5) is 25.0. The number of hydrogen-bond donors (Lipinski definition) is 2. The topological polar surface area (TPSA) is 83.7 Å². The third-order valence-electron chi connectivity index (χ3n) is 5.05. The first kappa shape index (κ1) is 20.5. The van der Waals surface area contributed by atoms with Gasteiger partial charge in [-0.2, -0.15) is 5.10 Å². The minimum absolute atomic E-state index is 0.0572. The van der Waals surface area contributed by atoms with Crippen LogP contribution in [0.15, 0.2) is 58.0 Å². The van der Waals surface area contributed by atoms with Crippen molar-refractivity contribution < 1.29 is 22.8 Å². The number of anilines is 1. The van der Waals surface area contributed by atoms with Gasteiger partial charge < -0.3 is 9.73 Å². The van der Waals surface area contributed by atoms with Gasteiger partial charge in [-0.3, -0.25) is 9.59 Å². The van der Waals surface area contributed by atoms with Gasteiger partial charge in [0.05, 0.1) is 11.4 Å². The van der Waals surface area contributed by atoms with Crippen LogP contribution < -0.4 is 10.7 Å². The summed E-state index contributed by atoms with van der Waals surface area (Å²) in [6, 6.07) is 11.0. The van der Waals surface area contributed by atoms with E-state index in [1.54, 1.807) is 13.0 Å². The smallest absolute Gasteiger partial charge is 0.291 e. The molecule has 2 N–H and O–H groups in total. The first-order valence-electron chi connectivity index (χ1n) is 9.75. The van der Waals surface area contributed by atoms with E-state index < -0.39 is 23.4 Å². The molecule has 0 aliphatic heterocycles. The molecule has 31 heavy (non-hydrogen) atoms. The number of carbonyl (C=O) groups excluding carboxylic acids is 2. The van der Waals surface area contributed by atoms with Crippen molar-refractivity contribution in [3.05, 3.63) is 88.4 Å². The molecule has 158 valence electrons. The molecule has 0 bridgehead atoms. The lowest BCUT2D eigenvalue weighted by atomic mass is 9.93. The maximum atomic E-state index is 13.9. The fraction of sp³-hybridized carbons (Fsp3) is 0.174. The maximum Gasteiger partial charge on any atom is 0.291 e. The number of rotatable bonds is 4. The Hall–Kier alpha value is -3.81. The summed E-state index contributed by atoms with van der Waals surface area (Å²) in [7, 11) is 0. The zero-order valence-corrected chi connectivity index (χ0v) is 16.7. The van der Waals surface area contributed by atoms with Gasteiger partial charge in [0.25, 0.3) is 11.8 Å². The number of nitrogens with zero attached hydrogens (tertiary/aromatic N) is 1. The first-order chi connectivity index (χ1) is 14.9. The molecule has 0 fully saturated rings. The lowest BCUT2D eigenvalue weighted by Crippen LogP contribution is -2.22. The van der Waals surface area contributed by atoms with Crippen molar-refractivity contribution in [3.63, 3.8) is 0 Å². The standard InChI is InChI=1S/C23H19F2N3O3/c1-13-20-18(27-28-22(29)14-9-11-15(24)12-10-14)7-4-8-19(20)31-21(13)23(30)26-17-6-3-2-5-16(17)25/h2-3,5-6,9-12H,4,7-8H2,1H3,(H,26,30)(H,28,29)/b27-18+. The molecule has 3 aromatic rings. The van der Waals surface area contributed by atoms with E-state index in [2.05, 4.69) is 15.8 Å². The zero-order valence-electron chi connectivity index (χ0n) is 16.7. The Morgan fingerprint density at radius 1 is 1.00 bits per heavy atom. The Kier molecular flexibility index (Phi) is 5.62. The summed E-state index contributed by atoms with van der Waals surface area (Å²) < 4.78 is 32.7. The molecule has 6 nitrogen and oxygen atoms in total. The number of benzene rings is 2. The van der Waals surface area contributed by atoms with E-state index in [1.807, 2.05) is 0 Å². The molecule has 1 heterocycles. The van der Waals surface area contributed by atoms with Crippen LogP contribution in [0.4, 0.5) is 14.5 Å². The fourth-order valence-electron chi connectivity index (χ4n) is 3.52. The minimum atomic E-state index is -0.563. The Morgan fingerprint density at radius 2 is 1.74 bits per heavy atom. The highest BCUT2D eigenvalue weighted by molar-refractivity contribution is 6.09. The van der Waals surface area contributed by atoms with Crippen LogP contribution in [0.2, 0.25) is 0 Å². The SMILES string of the molecule is Cc1c(C(=O)Nc2ccccc2F)oc2c1/C(=N/NC(=O)c1ccc(F)cc1)CCC2. The van der Waals surface area contributed by atoms with E-state index in [9.17, 15) is 18.4 Å². The number of carbonyl (C=O) groups is 2. The molecule has 0 atom stereocenters. The number of nitrogens with one attached hydrogen (secondary N) is 2. The Labute approximate surface area is 177 Å². The summed E-state index contributed by atoms with van der Waals surface area (Å²) in [5.41, 5.74) is 4.63. The summed E-state index contributed by atoms with van der Waals surface area (Å²) >= 11 is 0. The van der Waals surface area contributed by atoms with Crippen LogP contribution in [0.1, 0.15) is 50.6 Å². The van der Waals surface area contributed by atoms with Gasteiger partial charge in [-0.05, 0) is 56.2 Å². The van der Waals surface area contributed by atoms with E-state index in [-0.39, 0.29) is 17.0 Å². The molecule has 1 aromatic heterocycles. The van der Waals surface area contributed by atoms with Gasteiger partial charge in [0.2, 0.25) is 0 Å². The van der Waals surface area contributed by atoms with E-state index in [1.165, 1.54) is 42.5 Å². The number of amides is 2. The summed E-state index contributed by atoms with van der Waals surface area (Å²) in [5, 5.41) is 6.75. The zero-order chi connectivity index (χ0) is 22.0. The third kappa shape index (κ3) is 4.23. The molecule has 1 aliphatic rings. The van der Waals surface area contributed by atoms with Crippen molar-refractivity contribution in [2.24, 2.45) is 5.10 Å².